The van der Waals surface area contributed by atoms with E-state index in [0.29, 0.717) is 13.0 Å². The van der Waals surface area contributed by atoms with Gasteiger partial charge in [0.1, 0.15) is 11.7 Å². The van der Waals surface area contributed by atoms with Gasteiger partial charge in [-0.2, -0.15) is 0 Å². The average molecular weight is 331 g/mol. The highest BCUT2D eigenvalue weighted by molar-refractivity contribution is 5.88. The molecule has 1 fully saturated rings. The van der Waals surface area contributed by atoms with Crippen LogP contribution in [0.2, 0.25) is 0 Å². The van der Waals surface area contributed by atoms with Gasteiger partial charge in [-0.25, -0.2) is 9.18 Å². The van der Waals surface area contributed by atoms with E-state index < -0.39 is 29.6 Å². The summed E-state index contributed by atoms with van der Waals surface area (Å²) in [4.78, 5) is 35.7. The Bertz CT molecular complexity index is 450. The van der Waals surface area contributed by atoms with Crippen LogP contribution in [-0.4, -0.2) is 49.2 Å². The number of rotatable bonds is 7. The summed E-state index contributed by atoms with van der Waals surface area (Å²) in [7, 11) is 1.20. The Kier molecular flexibility index (Phi) is 6.93. The molecule has 3 atom stereocenters. The lowest BCUT2D eigenvalue weighted by Gasteiger charge is -2.27. The molecule has 2 unspecified atom stereocenters. The molecule has 0 spiro atoms. The number of esters is 1. The Hall–Kier alpha value is -1.70. The second-order valence-corrected chi connectivity index (χ2v) is 6.48. The fraction of sp³-hybridized carbons (Fsp3) is 0.800. The second kappa shape index (κ2) is 8.24. The molecule has 0 aromatic rings. The van der Waals surface area contributed by atoms with Crippen molar-refractivity contribution in [2.45, 2.75) is 57.3 Å². The molecule has 1 saturated heterocycles. The molecule has 132 valence electrons. The third-order valence-electron chi connectivity index (χ3n) is 3.76. The summed E-state index contributed by atoms with van der Waals surface area (Å²) in [6.07, 6.45) is 1.42. The van der Waals surface area contributed by atoms with Gasteiger partial charge in [0.2, 0.25) is 11.8 Å². The topological polar surface area (TPSA) is 111 Å². The molecule has 2 amide bonds. The zero-order valence-electron chi connectivity index (χ0n) is 13.9. The van der Waals surface area contributed by atoms with Gasteiger partial charge in [0.05, 0.1) is 13.2 Å². The predicted octanol–water partition coefficient (Wildman–Crippen LogP) is 0.0260. The molecule has 1 aliphatic heterocycles. The lowest BCUT2D eigenvalue weighted by atomic mass is 9.91. The number of nitrogens with one attached hydrogen (secondary N) is 2. The van der Waals surface area contributed by atoms with Crippen molar-refractivity contribution < 1.29 is 23.5 Å². The first-order valence-corrected chi connectivity index (χ1v) is 7.74. The molecular weight excluding hydrogens is 305 g/mol. The lowest BCUT2D eigenvalue weighted by Crippen LogP contribution is -2.52. The van der Waals surface area contributed by atoms with Crippen LogP contribution in [0.15, 0.2) is 0 Å². The number of carbonyl (C=O) groups is 3. The van der Waals surface area contributed by atoms with Crippen molar-refractivity contribution in [2.24, 2.45) is 11.7 Å². The number of ether oxygens (including phenoxy) is 1. The highest BCUT2D eigenvalue weighted by atomic mass is 19.1. The highest BCUT2D eigenvalue weighted by Crippen LogP contribution is 2.19. The number of carbonyl (C=O) groups excluding carboxylic acids is 3. The molecule has 0 aromatic carbocycles. The van der Waals surface area contributed by atoms with Gasteiger partial charge >= 0.3 is 5.97 Å². The minimum absolute atomic E-state index is 0.135. The summed E-state index contributed by atoms with van der Waals surface area (Å²) in [6.45, 7) is 3.26. The normalized spacial score (nSPS) is 21.1. The maximum absolute atomic E-state index is 13.6. The van der Waals surface area contributed by atoms with Crippen molar-refractivity contribution in [3.63, 3.8) is 0 Å². The second-order valence-electron chi connectivity index (χ2n) is 6.48. The zero-order chi connectivity index (χ0) is 17.6. The third-order valence-corrected chi connectivity index (χ3v) is 3.76. The Morgan fingerprint density at radius 1 is 1.52 bits per heavy atom. The van der Waals surface area contributed by atoms with Crippen LogP contribution < -0.4 is 16.4 Å². The van der Waals surface area contributed by atoms with Gasteiger partial charge in [-0.05, 0) is 33.1 Å². The van der Waals surface area contributed by atoms with E-state index in [4.69, 9.17) is 5.73 Å². The molecule has 4 N–H and O–H groups in total. The van der Waals surface area contributed by atoms with Crippen LogP contribution in [-0.2, 0) is 19.1 Å². The van der Waals surface area contributed by atoms with Crippen molar-refractivity contribution >= 4 is 17.8 Å². The van der Waals surface area contributed by atoms with E-state index in [1.165, 1.54) is 21.0 Å². The Morgan fingerprint density at radius 2 is 2.17 bits per heavy atom. The first kappa shape index (κ1) is 19.3. The van der Waals surface area contributed by atoms with Gasteiger partial charge < -0.3 is 21.1 Å². The average Bonchev–Trinajstić information content (AvgIpc) is 2.46. The van der Waals surface area contributed by atoms with Crippen LogP contribution in [0, 0.1) is 5.92 Å². The van der Waals surface area contributed by atoms with Gasteiger partial charge in [0.25, 0.3) is 0 Å². The van der Waals surface area contributed by atoms with E-state index >= 15 is 0 Å². The van der Waals surface area contributed by atoms with E-state index in [0.717, 1.165) is 6.42 Å². The predicted molar refractivity (Wildman–Crippen MR) is 82.1 cm³/mol. The minimum atomic E-state index is -1.60. The summed E-state index contributed by atoms with van der Waals surface area (Å²) >= 11 is 0. The van der Waals surface area contributed by atoms with Crippen molar-refractivity contribution in [1.82, 2.24) is 10.6 Å². The minimum Gasteiger partial charge on any atom is -0.467 e. The van der Waals surface area contributed by atoms with Crippen molar-refractivity contribution in [1.29, 1.82) is 0 Å². The van der Waals surface area contributed by atoms with Crippen LogP contribution in [0.4, 0.5) is 4.39 Å². The number of hydrogen-bond donors (Lipinski definition) is 3. The van der Waals surface area contributed by atoms with Crippen molar-refractivity contribution in [3.8, 4) is 0 Å². The smallest absolute Gasteiger partial charge is 0.328 e. The lowest BCUT2D eigenvalue weighted by molar-refractivity contribution is -0.146. The number of piperidine rings is 1. The summed E-state index contributed by atoms with van der Waals surface area (Å²) in [6, 6.07) is -2.06. The Labute approximate surface area is 135 Å². The molecule has 1 heterocycles. The zero-order valence-corrected chi connectivity index (χ0v) is 13.9. The van der Waals surface area contributed by atoms with Crippen molar-refractivity contribution in [2.75, 3.05) is 13.7 Å². The van der Waals surface area contributed by atoms with Gasteiger partial charge in [0, 0.05) is 18.9 Å². The molecule has 23 heavy (non-hydrogen) atoms. The fourth-order valence-electron chi connectivity index (χ4n) is 2.60. The number of alkyl halides is 1. The first-order valence-electron chi connectivity index (χ1n) is 7.74. The summed E-state index contributed by atoms with van der Waals surface area (Å²) < 4.78 is 18.3. The van der Waals surface area contributed by atoms with E-state index in [-0.39, 0.29) is 24.7 Å². The maximum Gasteiger partial charge on any atom is 0.328 e. The number of hydrogen-bond acceptors (Lipinski definition) is 5. The fourth-order valence-corrected chi connectivity index (χ4v) is 2.60. The number of halogens is 1. The van der Waals surface area contributed by atoms with Crippen LogP contribution in [0.1, 0.15) is 39.5 Å². The molecule has 0 aromatic heterocycles. The number of methoxy groups -OCH3 is 1. The van der Waals surface area contributed by atoms with Gasteiger partial charge in [-0.3, -0.25) is 9.59 Å². The molecule has 1 aliphatic rings. The van der Waals surface area contributed by atoms with Gasteiger partial charge in [-0.1, -0.05) is 0 Å². The van der Waals surface area contributed by atoms with Crippen LogP contribution in [0.3, 0.4) is 0 Å². The number of amides is 2. The van der Waals surface area contributed by atoms with E-state index in [1.54, 1.807) is 0 Å². The van der Waals surface area contributed by atoms with Crippen LogP contribution in [0.25, 0.3) is 0 Å². The molecular formula is C15H26FN3O4. The summed E-state index contributed by atoms with van der Waals surface area (Å²) in [5.41, 5.74) is 4.07. The van der Waals surface area contributed by atoms with E-state index in [2.05, 4.69) is 15.4 Å². The summed E-state index contributed by atoms with van der Waals surface area (Å²) in [5.74, 6) is -1.80. The molecule has 0 saturated carbocycles. The van der Waals surface area contributed by atoms with E-state index in [9.17, 15) is 18.8 Å². The Balaban J connectivity index is 2.69. The number of nitrogens with two attached hydrogens (primary N) is 1. The maximum atomic E-state index is 13.6. The molecule has 7 nitrogen and oxygen atoms in total. The molecule has 0 bridgehead atoms. The third kappa shape index (κ3) is 6.52. The first-order chi connectivity index (χ1) is 10.6. The monoisotopic (exact) mass is 331 g/mol. The van der Waals surface area contributed by atoms with Crippen LogP contribution in [0.5, 0.6) is 0 Å². The SMILES string of the molecule is COC(=O)C(C[C@@H]1CCCNC1=O)NC(=O)C(N)CC(C)(C)F. The largest absolute Gasteiger partial charge is 0.467 e. The van der Waals surface area contributed by atoms with Crippen LogP contribution >= 0.6 is 0 Å². The van der Waals surface area contributed by atoms with Crippen molar-refractivity contribution in [3.05, 3.63) is 0 Å². The van der Waals surface area contributed by atoms with Gasteiger partial charge in [0.15, 0.2) is 0 Å². The quantitative estimate of drug-likeness (QED) is 0.570. The molecule has 1 rings (SSSR count). The molecule has 8 heteroatoms. The van der Waals surface area contributed by atoms with E-state index in [1.807, 2.05) is 0 Å². The van der Waals surface area contributed by atoms with Gasteiger partial charge in [-0.15, -0.1) is 0 Å². The summed E-state index contributed by atoms with van der Waals surface area (Å²) in [5, 5.41) is 5.20. The highest BCUT2D eigenvalue weighted by Gasteiger charge is 2.32. The molecule has 0 radical (unpaired) electrons. The standard InChI is InChI=1S/C15H26FN3O4/c1-15(2,16)8-10(17)13(21)19-11(14(22)23-3)7-9-5-4-6-18-12(9)20/h9-11H,4-8,17H2,1-3H3,(H,18,20)(H,19,21)/t9-,10?,11?/m0/s1. The Morgan fingerprint density at radius 3 is 2.70 bits per heavy atom. The molecule has 0 aliphatic carbocycles.